The molecule has 88 valence electrons. The monoisotopic (exact) mass is 361 g/mol. The fourth-order valence-corrected chi connectivity index (χ4v) is 2.57. The molecule has 2 rings (SSSR count). The highest BCUT2D eigenvalue weighted by Gasteiger charge is 2.14. The predicted octanol–water partition coefficient (Wildman–Crippen LogP) is 2.83. The second-order valence-electron chi connectivity index (χ2n) is 3.16. The van der Waals surface area contributed by atoms with Crippen LogP contribution >= 0.6 is 31.9 Å². The number of aromatic hydroxyl groups is 1. The Labute approximate surface area is 112 Å². The van der Waals surface area contributed by atoms with Crippen LogP contribution in [-0.4, -0.2) is 16.5 Å². The number of oxime groups is 1. The van der Waals surface area contributed by atoms with Crippen LogP contribution in [0.15, 0.2) is 35.6 Å². The van der Waals surface area contributed by atoms with Gasteiger partial charge in [-0.15, -0.1) is 0 Å². The van der Waals surface area contributed by atoms with E-state index < -0.39 is 0 Å². The van der Waals surface area contributed by atoms with Gasteiger partial charge in [-0.05, 0) is 37.9 Å². The summed E-state index contributed by atoms with van der Waals surface area (Å²) in [7, 11) is 0. The number of benzene rings is 1. The summed E-state index contributed by atoms with van der Waals surface area (Å²) in [6.07, 6.45) is 2.14. The third kappa shape index (κ3) is 1.96. The Bertz CT molecular complexity index is 678. The number of rotatable bonds is 1. The van der Waals surface area contributed by atoms with Crippen molar-refractivity contribution < 1.29 is 14.7 Å². The number of hydrogen-bond acceptors (Lipinski definition) is 5. The Hall–Kier alpha value is -1.34. The summed E-state index contributed by atoms with van der Waals surface area (Å²) >= 11 is 6.25. The van der Waals surface area contributed by atoms with E-state index in [1.165, 1.54) is 6.07 Å². The topological polar surface area (TPSA) is 83.0 Å². The summed E-state index contributed by atoms with van der Waals surface area (Å²) in [6, 6.07) is 1.44. The van der Waals surface area contributed by atoms with Crippen molar-refractivity contribution in [2.24, 2.45) is 5.16 Å². The van der Waals surface area contributed by atoms with Crippen molar-refractivity contribution in [3.63, 3.8) is 0 Å². The summed E-state index contributed by atoms with van der Waals surface area (Å²) in [5.74, 6) is -0.0516. The van der Waals surface area contributed by atoms with E-state index in [2.05, 4.69) is 37.0 Å². The lowest BCUT2D eigenvalue weighted by Crippen LogP contribution is -2.08. The van der Waals surface area contributed by atoms with Crippen LogP contribution in [0.4, 0.5) is 0 Å². The maximum absolute atomic E-state index is 11.9. The van der Waals surface area contributed by atoms with Crippen LogP contribution < -0.4 is 5.43 Å². The second-order valence-corrected chi connectivity index (χ2v) is 4.81. The Kier molecular flexibility index (Phi) is 3.21. The minimum Gasteiger partial charge on any atom is -0.505 e. The van der Waals surface area contributed by atoms with E-state index in [4.69, 9.17) is 9.62 Å². The van der Waals surface area contributed by atoms with Crippen molar-refractivity contribution in [2.75, 3.05) is 0 Å². The normalized spacial score (nSPS) is 11.4. The van der Waals surface area contributed by atoms with Gasteiger partial charge >= 0.3 is 0 Å². The standard InChI is InChI=1S/C10H5Br2NO4/c11-6-1-5-8(14)4(2-13-16)3-17-10(5)7(12)9(6)15/h1-3,15-16H/b13-2+. The lowest BCUT2D eigenvalue weighted by Gasteiger charge is -2.04. The molecule has 0 aliphatic rings. The first kappa shape index (κ1) is 12.1. The van der Waals surface area contributed by atoms with E-state index in [-0.39, 0.29) is 32.2 Å². The molecule has 0 spiro atoms. The molecule has 0 aliphatic carbocycles. The van der Waals surface area contributed by atoms with Crippen LogP contribution in [0.1, 0.15) is 5.56 Å². The van der Waals surface area contributed by atoms with Crippen LogP contribution in [0.25, 0.3) is 11.0 Å². The van der Waals surface area contributed by atoms with Gasteiger partial charge in [0.05, 0.1) is 21.6 Å². The summed E-state index contributed by atoms with van der Waals surface area (Å²) < 4.78 is 5.86. The maximum atomic E-state index is 11.9. The highest BCUT2D eigenvalue weighted by atomic mass is 79.9. The third-order valence-corrected chi connectivity index (χ3v) is 3.50. The Morgan fingerprint density at radius 1 is 1.41 bits per heavy atom. The molecule has 0 saturated carbocycles. The number of nitrogens with zero attached hydrogens (tertiary/aromatic N) is 1. The Morgan fingerprint density at radius 3 is 2.76 bits per heavy atom. The SMILES string of the molecule is O=c1c(/C=N/O)coc2c(Br)c(O)c(Br)cc12. The fraction of sp³-hybridized carbons (Fsp3) is 0. The number of hydrogen-bond donors (Lipinski definition) is 2. The van der Waals surface area contributed by atoms with Gasteiger partial charge in [0, 0.05) is 0 Å². The van der Waals surface area contributed by atoms with Crippen molar-refractivity contribution in [1.29, 1.82) is 0 Å². The van der Waals surface area contributed by atoms with E-state index in [1.807, 2.05) is 0 Å². The molecule has 0 amide bonds. The molecule has 0 atom stereocenters. The molecule has 7 heteroatoms. The van der Waals surface area contributed by atoms with Crippen LogP contribution in [0, 0.1) is 0 Å². The Morgan fingerprint density at radius 2 is 2.12 bits per heavy atom. The minimum absolute atomic E-state index is 0.0516. The van der Waals surface area contributed by atoms with Crippen molar-refractivity contribution in [3.05, 3.63) is 37.1 Å². The van der Waals surface area contributed by atoms with Gasteiger partial charge in [-0.1, -0.05) is 5.16 Å². The van der Waals surface area contributed by atoms with Crippen molar-refractivity contribution >= 4 is 49.0 Å². The summed E-state index contributed by atoms with van der Waals surface area (Å²) in [5.41, 5.74) is -0.0132. The number of fused-ring (bicyclic) bond motifs is 1. The molecule has 17 heavy (non-hydrogen) atoms. The first-order valence-electron chi connectivity index (χ1n) is 4.36. The third-order valence-electron chi connectivity index (χ3n) is 2.16. The highest BCUT2D eigenvalue weighted by molar-refractivity contribution is 9.11. The zero-order valence-electron chi connectivity index (χ0n) is 8.15. The molecular weight excluding hydrogens is 358 g/mol. The first-order chi connectivity index (χ1) is 8.06. The van der Waals surface area contributed by atoms with Crippen molar-refractivity contribution in [1.82, 2.24) is 0 Å². The average Bonchev–Trinajstić information content (AvgIpc) is 2.31. The molecule has 0 saturated heterocycles. The zero-order valence-corrected chi connectivity index (χ0v) is 11.3. The van der Waals surface area contributed by atoms with Gasteiger partial charge in [0.1, 0.15) is 16.5 Å². The zero-order chi connectivity index (χ0) is 12.6. The molecule has 2 aromatic rings. The largest absolute Gasteiger partial charge is 0.505 e. The number of halogens is 2. The van der Waals surface area contributed by atoms with E-state index in [0.717, 1.165) is 12.5 Å². The molecule has 0 unspecified atom stereocenters. The number of phenols is 1. The molecule has 0 radical (unpaired) electrons. The minimum atomic E-state index is -0.356. The van der Waals surface area contributed by atoms with E-state index in [1.54, 1.807) is 0 Å². The maximum Gasteiger partial charge on any atom is 0.201 e. The molecule has 0 aliphatic heterocycles. The highest BCUT2D eigenvalue weighted by Crippen LogP contribution is 2.37. The summed E-state index contributed by atoms with van der Waals surface area (Å²) in [5, 5.41) is 21.1. The molecule has 1 aromatic carbocycles. The molecule has 5 nitrogen and oxygen atoms in total. The van der Waals surface area contributed by atoms with Gasteiger partial charge in [-0.2, -0.15) is 0 Å². The van der Waals surface area contributed by atoms with Gasteiger partial charge < -0.3 is 14.7 Å². The number of phenolic OH excluding ortho intramolecular Hbond substituents is 1. The van der Waals surface area contributed by atoms with Gasteiger partial charge in [-0.3, -0.25) is 4.79 Å². The van der Waals surface area contributed by atoms with E-state index in [0.29, 0.717) is 4.47 Å². The van der Waals surface area contributed by atoms with E-state index >= 15 is 0 Å². The summed E-state index contributed by atoms with van der Waals surface area (Å²) in [4.78, 5) is 11.9. The molecular formula is C10H5Br2NO4. The average molecular weight is 363 g/mol. The van der Waals surface area contributed by atoms with Crippen molar-refractivity contribution in [2.45, 2.75) is 0 Å². The summed E-state index contributed by atoms with van der Waals surface area (Å²) in [6.45, 7) is 0. The fourth-order valence-electron chi connectivity index (χ4n) is 1.36. The van der Waals surface area contributed by atoms with E-state index in [9.17, 15) is 9.90 Å². The first-order valence-corrected chi connectivity index (χ1v) is 5.94. The Balaban J connectivity index is 2.93. The van der Waals surface area contributed by atoms with Crippen LogP contribution in [0.5, 0.6) is 5.75 Å². The molecule has 0 bridgehead atoms. The second kappa shape index (κ2) is 4.50. The molecule has 0 fully saturated rings. The lowest BCUT2D eigenvalue weighted by molar-refractivity contribution is 0.321. The predicted molar refractivity (Wildman–Crippen MR) is 68.9 cm³/mol. The molecule has 1 aromatic heterocycles. The molecule has 1 heterocycles. The van der Waals surface area contributed by atoms with Crippen LogP contribution in [0.3, 0.4) is 0 Å². The smallest absolute Gasteiger partial charge is 0.201 e. The van der Waals surface area contributed by atoms with Crippen LogP contribution in [0.2, 0.25) is 0 Å². The van der Waals surface area contributed by atoms with Gasteiger partial charge in [0.15, 0.2) is 5.58 Å². The lowest BCUT2D eigenvalue weighted by atomic mass is 10.2. The van der Waals surface area contributed by atoms with Gasteiger partial charge in [0.2, 0.25) is 5.43 Å². The van der Waals surface area contributed by atoms with Gasteiger partial charge in [0.25, 0.3) is 0 Å². The van der Waals surface area contributed by atoms with Crippen LogP contribution in [-0.2, 0) is 0 Å². The van der Waals surface area contributed by atoms with Crippen molar-refractivity contribution in [3.8, 4) is 5.75 Å². The molecule has 2 N–H and O–H groups in total. The van der Waals surface area contributed by atoms with Gasteiger partial charge in [-0.25, -0.2) is 0 Å². The quantitative estimate of drug-likeness (QED) is 0.464.